The lowest BCUT2D eigenvalue weighted by Crippen LogP contribution is -2.18. The highest BCUT2D eigenvalue weighted by molar-refractivity contribution is 7.98. The highest BCUT2D eigenvalue weighted by Crippen LogP contribution is 2.20. The summed E-state index contributed by atoms with van der Waals surface area (Å²) in [6, 6.07) is 4.22. The average molecular weight is 419 g/mol. The summed E-state index contributed by atoms with van der Waals surface area (Å²) in [5, 5.41) is 3.18. The third kappa shape index (κ3) is 5.95. The molecule has 0 fully saturated rings. The van der Waals surface area contributed by atoms with Crippen molar-refractivity contribution in [1.29, 1.82) is 0 Å². The van der Waals surface area contributed by atoms with Gasteiger partial charge in [0, 0.05) is 58.2 Å². The van der Waals surface area contributed by atoms with E-state index in [1.165, 1.54) is 9.75 Å². The van der Waals surface area contributed by atoms with Crippen LogP contribution in [0.1, 0.15) is 26.7 Å². The fraction of sp³-hybridized carbons (Fsp3) is 0.421. The van der Waals surface area contributed by atoms with Crippen molar-refractivity contribution < 1.29 is 0 Å². The Bertz CT molecular complexity index is 946. The molecule has 0 aromatic carbocycles. The number of imidazole rings is 1. The largest absolute Gasteiger partial charge is 0.355 e. The molecule has 0 saturated heterocycles. The van der Waals surface area contributed by atoms with E-state index in [0.717, 1.165) is 36.0 Å². The van der Waals surface area contributed by atoms with Crippen LogP contribution in [0.2, 0.25) is 0 Å². The van der Waals surface area contributed by atoms with Crippen LogP contribution in [0.4, 0.5) is 5.95 Å². The molecule has 150 valence electrons. The maximum absolute atomic E-state index is 12.4. The Kier molecular flexibility index (Phi) is 7.30. The van der Waals surface area contributed by atoms with Crippen molar-refractivity contribution in [3.8, 4) is 0 Å². The number of thioether (sulfide) groups is 1. The first kappa shape index (κ1) is 20.6. The lowest BCUT2D eigenvalue weighted by atomic mass is 10.2. The van der Waals surface area contributed by atoms with Gasteiger partial charge in [0.25, 0.3) is 5.56 Å². The zero-order chi connectivity index (χ0) is 19.9. The number of nitrogens with one attached hydrogen (secondary N) is 3. The van der Waals surface area contributed by atoms with Crippen LogP contribution in [0.15, 0.2) is 29.5 Å². The minimum Gasteiger partial charge on any atom is -0.355 e. The quantitative estimate of drug-likeness (QED) is 0.439. The van der Waals surface area contributed by atoms with Gasteiger partial charge in [-0.3, -0.25) is 9.78 Å². The molecule has 9 heteroatoms. The molecule has 3 N–H and O–H groups in total. The van der Waals surface area contributed by atoms with E-state index >= 15 is 0 Å². The highest BCUT2D eigenvalue weighted by atomic mass is 32.2. The summed E-state index contributed by atoms with van der Waals surface area (Å²) in [4.78, 5) is 31.5. The second kappa shape index (κ2) is 9.90. The molecule has 3 heterocycles. The van der Waals surface area contributed by atoms with Gasteiger partial charge in [0.05, 0.1) is 12.0 Å². The van der Waals surface area contributed by atoms with Crippen molar-refractivity contribution in [2.24, 2.45) is 0 Å². The van der Waals surface area contributed by atoms with Gasteiger partial charge in [-0.2, -0.15) is 11.8 Å². The molecule has 28 heavy (non-hydrogen) atoms. The van der Waals surface area contributed by atoms with Gasteiger partial charge in [0.2, 0.25) is 5.95 Å². The molecule has 3 aromatic rings. The van der Waals surface area contributed by atoms with E-state index in [1.807, 2.05) is 6.92 Å². The minimum absolute atomic E-state index is 0.0835. The summed E-state index contributed by atoms with van der Waals surface area (Å²) in [5.74, 6) is 2.29. The Balaban J connectivity index is 1.46. The number of rotatable bonds is 10. The summed E-state index contributed by atoms with van der Waals surface area (Å²) in [6.07, 6.45) is 4.01. The van der Waals surface area contributed by atoms with E-state index in [-0.39, 0.29) is 5.56 Å². The van der Waals surface area contributed by atoms with Crippen molar-refractivity contribution in [2.45, 2.75) is 25.6 Å². The number of thiophene rings is 1. The number of aromatic nitrogens is 4. The van der Waals surface area contributed by atoms with Gasteiger partial charge in [-0.1, -0.05) is 0 Å². The summed E-state index contributed by atoms with van der Waals surface area (Å²) >= 11 is 3.53. The lowest BCUT2D eigenvalue weighted by Gasteiger charge is -2.06. The summed E-state index contributed by atoms with van der Waals surface area (Å²) in [7, 11) is 4.10. The molecular weight excluding hydrogens is 392 g/mol. The summed E-state index contributed by atoms with van der Waals surface area (Å²) < 4.78 is 0. The third-order valence-corrected chi connectivity index (χ3v) is 6.18. The van der Waals surface area contributed by atoms with Crippen LogP contribution < -0.4 is 10.9 Å². The topological polar surface area (TPSA) is 89.7 Å². The van der Waals surface area contributed by atoms with Crippen LogP contribution in [-0.2, 0) is 18.7 Å². The van der Waals surface area contributed by atoms with Crippen LogP contribution in [0, 0.1) is 6.92 Å². The molecule has 0 bridgehead atoms. The van der Waals surface area contributed by atoms with E-state index in [1.54, 1.807) is 35.6 Å². The number of aromatic amines is 2. The molecule has 7 nitrogen and oxygen atoms in total. The molecule has 0 amide bonds. The molecule has 0 spiro atoms. The van der Waals surface area contributed by atoms with Gasteiger partial charge < -0.3 is 15.2 Å². The first-order chi connectivity index (χ1) is 13.5. The molecule has 3 rings (SSSR count). The van der Waals surface area contributed by atoms with Crippen molar-refractivity contribution in [3.63, 3.8) is 0 Å². The van der Waals surface area contributed by atoms with E-state index in [4.69, 9.17) is 0 Å². The van der Waals surface area contributed by atoms with Gasteiger partial charge in [-0.15, -0.1) is 11.3 Å². The fourth-order valence-electron chi connectivity index (χ4n) is 2.68. The third-order valence-electron chi connectivity index (χ3n) is 4.14. The smallest absolute Gasteiger partial charge is 0.255 e. The Morgan fingerprint density at radius 3 is 2.79 bits per heavy atom. The van der Waals surface area contributed by atoms with Gasteiger partial charge in [-0.05, 0) is 33.2 Å². The maximum atomic E-state index is 12.4. The molecule has 0 radical (unpaired) electrons. The molecule has 0 aliphatic carbocycles. The second-order valence-corrected chi connectivity index (χ2v) is 9.18. The predicted octanol–water partition coefficient (Wildman–Crippen LogP) is 2.86. The van der Waals surface area contributed by atoms with Crippen molar-refractivity contribution >= 4 is 29.0 Å². The number of aryl methyl sites for hydroxylation is 1. The van der Waals surface area contributed by atoms with Gasteiger partial charge in [-0.25, -0.2) is 9.97 Å². The first-order valence-corrected chi connectivity index (χ1v) is 11.1. The number of anilines is 1. The van der Waals surface area contributed by atoms with Gasteiger partial charge in [0.15, 0.2) is 0 Å². The van der Waals surface area contributed by atoms with Crippen LogP contribution in [0.5, 0.6) is 0 Å². The van der Waals surface area contributed by atoms with E-state index in [9.17, 15) is 4.79 Å². The van der Waals surface area contributed by atoms with Gasteiger partial charge in [0.1, 0.15) is 0 Å². The molecule has 0 aliphatic rings. The van der Waals surface area contributed by atoms with Crippen LogP contribution in [0.25, 0.3) is 0 Å². The summed E-state index contributed by atoms with van der Waals surface area (Å²) in [5.41, 5.74) is 2.80. The predicted molar refractivity (Wildman–Crippen MR) is 117 cm³/mol. The number of hydrogen-bond acceptors (Lipinski definition) is 7. The SMILES string of the molecule is Cc1[nH]cnc1CSCCNc1ncc(Cc2ccc(CN(C)C)s2)c(=O)[nH]1. The maximum Gasteiger partial charge on any atom is 0.255 e. The Morgan fingerprint density at radius 2 is 2.07 bits per heavy atom. The Morgan fingerprint density at radius 1 is 1.25 bits per heavy atom. The zero-order valence-corrected chi connectivity index (χ0v) is 18.0. The number of nitrogens with zero attached hydrogens (tertiary/aromatic N) is 3. The molecule has 0 unspecified atom stereocenters. The van der Waals surface area contributed by atoms with Crippen LogP contribution in [0.3, 0.4) is 0 Å². The van der Waals surface area contributed by atoms with Crippen LogP contribution in [-0.4, -0.2) is 51.2 Å². The standard InChI is InChI=1S/C19H26N6OS2/c1-13-17(23-12-22-13)11-27-7-6-20-19-21-9-14(18(26)24-19)8-15-4-5-16(28-15)10-25(2)3/h4-5,9,12H,6-8,10-11H2,1-3H3,(H,22,23)(H2,20,21,24,26). The monoisotopic (exact) mass is 418 g/mol. The van der Waals surface area contributed by atoms with Crippen LogP contribution >= 0.6 is 23.1 Å². The minimum atomic E-state index is -0.0835. The lowest BCUT2D eigenvalue weighted by molar-refractivity contribution is 0.406. The first-order valence-electron chi connectivity index (χ1n) is 9.12. The highest BCUT2D eigenvalue weighted by Gasteiger charge is 2.07. The second-order valence-electron chi connectivity index (χ2n) is 6.82. The molecule has 0 aliphatic heterocycles. The number of hydrogen-bond donors (Lipinski definition) is 3. The van der Waals surface area contributed by atoms with Gasteiger partial charge >= 0.3 is 0 Å². The number of H-pyrrole nitrogens is 2. The van der Waals surface area contributed by atoms with Crippen molar-refractivity contribution in [1.82, 2.24) is 24.8 Å². The normalized spacial score (nSPS) is 11.3. The van der Waals surface area contributed by atoms with E-state index in [2.05, 4.69) is 56.4 Å². The Labute approximate surface area is 173 Å². The molecule has 3 aromatic heterocycles. The van der Waals surface area contributed by atoms with Crippen molar-refractivity contribution in [2.75, 3.05) is 31.7 Å². The van der Waals surface area contributed by atoms with E-state index < -0.39 is 0 Å². The molecule has 0 saturated carbocycles. The fourth-order valence-corrected chi connectivity index (χ4v) is 4.72. The molecule has 0 atom stereocenters. The van der Waals surface area contributed by atoms with Crippen molar-refractivity contribution in [3.05, 3.63) is 61.7 Å². The summed E-state index contributed by atoms with van der Waals surface area (Å²) in [6.45, 7) is 3.67. The molecular formula is C19H26N6OS2. The Hall–Kier alpha value is -2.10. The zero-order valence-electron chi connectivity index (χ0n) is 16.4. The average Bonchev–Trinajstić information content (AvgIpc) is 3.25. The van der Waals surface area contributed by atoms with E-state index in [0.29, 0.717) is 17.9 Å².